The van der Waals surface area contributed by atoms with E-state index in [1.807, 2.05) is 11.8 Å². The molecule has 0 amide bonds. The zero-order chi connectivity index (χ0) is 19.3. The van der Waals surface area contributed by atoms with Gasteiger partial charge in [-0.3, -0.25) is 0 Å². The molecular formula is C24H22Br2Cl2SZr. The Balaban J connectivity index is 0.00000150. The zero-order valence-electron chi connectivity index (χ0n) is 17.3. The van der Waals surface area contributed by atoms with Crippen molar-refractivity contribution in [3.05, 3.63) is 67.6 Å². The van der Waals surface area contributed by atoms with Crippen LogP contribution in [0.5, 0.6) is 0 Å². The second-order valence-corrected chi connectivity index (χ2v) is 9.89. The van der Waals surface area contributed by atoms with Crippen LogP contribution in [0.3, 0.4) is 0 Å². The molecule has 0 saturated heterocycles. The Morgan fingerprint density at radius 1 is 0.733 bits per heavy atom. The van der Waals surface area contributed by atoms with E-state index >= 15 is 0 Å². The van der Waals surface area contributed by atoms with Crippen molar-refractivity contribution in [2.45, 2.75) is 50.3 Å². The summed E-state index contributed by atoms with van der Waals surface area (Å²) in [6.07, 6.45) is 2.06. The summed E-state index contributed by atoms with van der Waals surface area (Å²) in [7, 11) is 0. The molecule has 0 aliphatic heterocycles. The maximum absolute atomic E-state index is 3.83. The molecule has 0 heterocycles. The fourth-order valence-corrected chi connectivity index (χ4v) is 6.47. The molecular weight excluding hydrogens is 642 g/mol. The van der Waals surface area contributed by atoms with Crippen LogP contribution >= 0.6 is 43.6 Å². The van der Waals surface area contributed by atoms with Crippen LogP contribution in [0.15, 0.2) is 55.1 Å². The first kappa shape index (κ1) is 28.5. The third kappa shape index (κ3) is 5.15. The molecule has 4 aromatic carbocycles. The van der Waals surface area contributed by atoms with Crippen molar-refractivity contribution in [2.24, 2.45) is 0 Å². The van der Waals surface area contributed by atoms with E-state index < -0.39 is 0 Å². The molecule has 0 spiro atoms. The van der Waals surface area contributed by atoms with Gasteiger partial charge in [-0.25, -0.2) is 0 Å². The third-order valence-electron chi connectivity index (χ3n) is 5.23. The molecule has 0 N–H and O–H groups in total. The van der Waals surface area contributed by atoms with Gasteiger partial charge in [-0.2, -0.15) is 12.1 Å². The van der Waals surface area contributed by atoms with Crippen LogP contribution in [0, 0.1) is 13.8 Å². The number of halogens is 4. The topological polar surface area (TPSA) is 0 Å². The molecule has 0 fully saturated rings. The first-order valence-electron chi connectivity index (χ1n) is 9.37. The molecule has 6 heteroatoms. The van der Waals surface area contributed by atoms with Crippen molar-refractivity contribution in [2.75, 3.05) is 0 Å². The summed E-state index contributed by atoms with van der Waals surface area (Å²) < 4.78 is 2.49. The van der Waals surface area contributed by atoms with E-state index in [1.165, 1.54) is 62.5 Å². The standard InChI is InChI=1S/C24H22Br2S.2ClH.Zr/c1-5-15-11-21(17-7-13(3)9-19(17)23(15)25)27-22-12-16(6-2)24(26)20-10-14(4)8-18(20)22;;;/h7-12H,5-6H2,1-4H3;2*1H;/q-2;;;+4/p-2. The predicted octanol–water partition coefficient (Wildman–Crippen LogP) is 2.85. The quantitative estimate of drug-likeness (QED) is 0.303. The van der Waals surface area contributed by atoms with Gasteiger partial charge in [0.05, 0.1) is 0 Å². The van der Waals surface area contributed by atoms with Gasteiger partial charge >= 0.3 is 26.2 Å². The van der Waals surface area contributed by atoms with Crippen LogP contribution in [-0.4, -0.2) is 0 Å². The normalized spacial score (nSPS) is 10.6. The largest absolute Gasteiger partial charge is 4.00 e. The molecule has 0 bridgehead atoms. The molecule has 4 aromatic rings. The van der Waals surface area contributed by atoms with Crippen LogP contribution in [0.4, 0.5) is 0 Å². The van der Waals surface area contributed by atoms with Crippen molar-refractivity contribution in [1.29, 1.82) is 0 Å². The summed E-state index contributed by atoms with van der Waals surface area (Å²) in [5.41, 5.74) is 5.39. The Bertz CT molecular complexity index is 1090. The van der Waals surface area contributed by atoms with E-state index in [4.69, 9.17) is 0 Å². The maximum Gasteiger partial charge on any atom is 4.00 e. The van der Waals surface area contributed by atoms with Gasteiger partial charge in [0, 0.05) is 0 Å². The van der Waals surface area contributed by atoms with Crippen molar-refractivity contribution < 1.29 is 51.0 Å². The predicted molar refractivity (Wildman–Crippen MR) is 127 cm³/mol. The van der Waals surface area contributed by atoms with Gasteiger partial charge in [-0.1, -0.05) is 59.9 Å². The van der Waals surface area contributed by atoms with Crippen LogP contribution in [0.25, 0.3) is 21.5 Å². The number of hydrogen-bond acceptors (Lipinski definition) is 1. The monoisotopic (exact) mass is 660 g/mol. The van der Waals surface area contributed by atoms with Crippen molar-refractivity contribution >= 4 is 65.2 Å². The van der Waals surface area contributed by atoms with E-state index in [0.29, 0.717) is 0 Å². The van der Waals surface area contributed by atoms with Gasteiger partial charge in [0.25, 0.3) is 0 Å². The molecule has 156 valence electrons. The number of hydrogen-bond donors (Lipinski definition) is 0. The van der Waals surface area contributed by atoms with E-state index in [1.54, 1.807) is 0 Å². The first-order valence-corrected chi connectivity index (χ1v) is 11.8. The summed E-state index contributed by atoms with van der Waals surface area (Å²) in [5.74, 6) is 0. The molecule has 0 aromatic heterocycles. The summed E-state index contributed by atoms with van der Waals surface area (Å²) >= 11 is 9.58. The van der Waals surface area contributed by atoms with Gasteiger partial charge in [0.2, 0.25) is 0 Å². The molecule has 4 rings (SSSR count). The number of fused-ring (bicyclic) bond motifs is 2. The van der Waals surface area contributed by atoms with E-state index in [9.17, 15) is 0 Å². The maximum atomic E-state index is 3.83. The molecule has 0 unspecified atom stereocenters. The van der Waals surface area contributed by atoms with Gasteiger partial charge in [-0.15, -0.1) is 88.4 Å². The summed E-state index contributed by atoms with van der Waals surface area (Å²) in [6.45, 7) is 8.81. The minimum absolute atomic E-state index is 0. The Kier molecular flexibility index (Phi) is 10.9. The third-order valence-corrected chi connectivity index (χ3v) is 8.22. The Morgan fingerprint density at radius 2 is 1.10 bits per heavy atom. The smallest absolute Gasteiger partial charge is 1.00 e. The average Bonchev–Trinajstić information content (AvgIpc) is 3.23. The van der Waals surface area contributed by atoms with E-state index in [0.717, 1.165) is 12.8 Å². The van der Waals surface area contributed by atoms with E-state index in [2.05, 4.69) is 96.0 Å². The fourth-order valence-electron chi connectivity index (χ4n) is 3.82. The number of aryl methyl sites for hydroxylation is 4. The van der Waals surface area contributed by atoms with E-state index in [-0.39, 0.29) is 51.0 Å². The van der Waals surface area contributed by atoms with Gasteiger partial charge in [0.1, 0.15) is 0 Å². The molecule has 0 nitrogen and oxygen atoms in total. The summed E-state index contributed by atoms with van der Waals surface area (Å²) in [4.78, 5) is 2.70. The molecule has 0 saturated carbocycles. The second kappa shape index (κ2) is 11.5. The van der Waals surface area contributed by atoms with Gasteiger partial charge < -0.3 is 24.8 Å². The fraction of sp³-hybridized carbons (Fsp3) is 0.250. The number of rotatable bonds is 4. The second-order valence-electron chi connectivity index (χ2n) is 7.22. The average molecular weight is 664 g/mol. The SMILES string of the molecule is CCc1cc(Sc2cc(CC)c(Br)c3[cH-]c(C)cc23)c2cc(C)[cH-]c2c1Br.[Cl-].[Cl-].[Zr+4]. The van der Waals surface area contributed by atoms with Crippen molar-refractivity contribution in [3.8, 4) is 0 Å². The Labute approximate surface area is 231 Å². The van der Waals surface area contributed by atoms with Crippen molar-refractivity contribution in [1.82, 2.24) is 0 Å². The summed E-state index contributed by atoms with van der Waals surface area (Å²) in [5, 5.41) is 5.35. The minimum atomic E-state index is 0. The first-order chi connectivity index (χ1) is 12.9. The van der Waals surface area contributed by atoms with Crippen LogP contribution in [-0.2, 0) is 39.0 Å². The molecule has 0 aliphatic carbocycles. The van der Waals surface area contributed by atoms with Gasteiger partial charge in [0.15, 0.2) is 0 Å². The Hall–Kier alpha value is 0.433. The molecule has 0 atom stereocenters. The molecule has 0 aliphatic rings. The van der Waals surface area contributed by atoms with Crippen molar-refractivity contribution in [3.63, 3.8) is 0 Å². The summed E-state index contributed by atoms with van der Waals surface area (Å²) in [6, 6.07) is 14.0. The van der Waals surface area contributed by atoms with Crippen LogP contribution < -0.4 is 24.8 Å². The Morgan fingerprint density at radius 3 is 1.43 bits per heavy atom. The zero-order valence-corrected chi connectivity index (χ0v) is 25.3. The molecule has 30 heavy (non-hydrogen) atoms. The van der Waals surface area contributed by atoms with Crippen LogP contribution in [0.2, 0.25) is 0 Å². The van der Waals surface area contributed by atoms with Gasteiger partial charge in [-0.05, 0) is 22.6 Å². The minimum Gasteiger partial charge on any atom is -1.00 e. The molecule has 0 radical (unpaired) electrons. The number of benzene rings is 2. The van der Waals surface area contributed by atoms with Crippen LogP contribution in [0.1, 0.15) is 36.1 Å².